The van der Waals surface area contributed by atoms with Crippen molar-refractivity contribution in [2.45, 2.75) is 12.3 Å². The molecule has 1 fully saturated rings. The third-order valence-electron chi connectivity index (χ3n) is 4.09. The van der Waals surface area contributed by atoms with E-state index in [0.29, 0.717) is 6.61 Å². The molecule has 2 nitrogen and oxygen atoms in total. The molecule has 2 heteroatoms. The zero-order valence-electron chi connectivity index (χ0n) is 11.7. The normalized spacial score (nSPS) is 21.7. The van der Waals surface area contributed by atoms with Crippen LogP contribution in [0.15, 0.2) is 72.8 Å². The average Bonchev–Trinajstić information content (AvgIpc) is 3.05. The average molecular weight is 275 g/mol. The summed E-state index contributed by atoms with van der Waals surface area (Å²) in [4.78, 5) is 0. The molecule has 1 heterocycles. The lowest BCUT2D eigenvalue weighted by Crippen LogP contribution is -2.18. The molecule has 1 N–H and O–H groups in total. The van der Waals surface area contributed by atoms with Crippen LogP contribution in [-0.2, 0) is 4.74 Å². The highest BCUT2D eigenvalue weighted by molar-refractivity contribution is 5.85. The van der Waals surface area contributed by atoms with Crippen LogP contribution in [0.3, 0.4) is 0 Å². The molecule has 0 aromatic heterocycles. The molecule has 3 aromatic rings. The molecule has 0 amide bonds. The Balaban J connectivity index is 1.66. The van der Waals surface area contributed by atoms with Gasteiger partial charge in [0.25, 0.3) is 0 Å². The van der Waals surface area contributed by atoms with Crippen LogP contribution in [0.2, 0.25) is 0 Å². The van der Waals surface area contributed by atoms with Gasteiger partial charge in [-0.25, -0.2) is 0 Å². The zero-order valence-corrected chi connectivity index (χ0v) is 11.7. The van der Waals surface area contributed by atoms with Crippen LogP contribution in [0.5, 0.6) is 0 Å². The molecular weight excluding hydrogens is 258 g/mol. The molecular formula is C19H17NO. The summed E-state index contributed by atoms with van der Waals surface area (Å²) in [6, 6.07) is 25.6. The summed E-state index contributed by atoms with van der Waals surface area (Å²) >= 11 is 0. The summed E-state index contributed by atoms with van der Waals surface area (Å²) in [5.41, 5.74) is 2.49. The van der Waals surface area contributed by atoms with E-state index in [2.05, 4.69) is 72.0 Å². The van der Waals surface area contributed by atoms with Crippen molar-refractivity contribution in [2.24, 2.45) is 0 Å². The van der Waals surface area contributed by atoms with E-state index in [4.69, 9.17) is 4.74 Å². The van der Waals surface area contributed by atoms with E-state index in [-0.39, 0.29) is 12.3 Å². The molecule has 1 unspecified atom stereocenters. The van der Waals surface area contributed by atoms with E-state index in [1.807, 2.05) is 6.07 Å². The Morgan fingerprint density at radius 3 is 2.48 bits per heavy atom. The number of hydrogen-bond acceptors (Lipinski definition) is 2. The van der Waals surface area contributed by atoms with E-state index in [1.165, 1.54) is 21.9 Å². The van der Waals surface area contributed by atoms with Gasteiger partial charge in [-0.15, -0.1) is 0 Å². The number of hydrogen-bond donors (Lipinski definition) is 1. The summed E-state index contributed by atoms with van der Waals surface area (Å²) < 4.78 is 6.00. The third-order valence-corrected chi connectivity index (χ3v) is 4.09. The number of benzene rings is 3. The van der Waals surface area contributed by atoms with Gasteiger partial charge in [-0.3, -0.25) is 5.32 Å². The van der Waals surface area contributed by atoms with E-state index in [0.717, 1.165) is 0 Å². The minimum Gasteiger partial charge on any atom is -0.357 e. The first-order valence-electron chi connectivity index (χ1n) is 7.32. The van der Waals surface area contributed by atoms with Gasteiger partial charge in [-0.1, -0.05) is 72.8 Å². The first kappa shape index (κ1) is 12.6. The Bertz CT molecular complexity index is 748. The lowest BCUT2D eigenvalue weighted by atomic mass is 10.0. The number of ether oxygens (including phenoxy) is 1. The Morgan fingerprint density at radius 1 is 0.810 bits per heavy atom. The van der Waals surface area contributed by atoms with Crippen LogP contribution in [-0.4, -0.2) is 6.61 Å². The molecule has 1 aliphatic rings. The van der Waals surface area contributed by atoms with Gasteiger partial charge in [-0.2, -0.15) is 0 Å². The fraction of sp³-hybridized carbons (Fsp3) is 0.158. The second-order valence-corrected chi connectivity index (χ2v) is 5.41. The van der Waals surface area contributed by atoms with Gasteiger partial charge in [0.15, 0.2) is 0 Å². The van der Waals surface area contributed by atoms with E-state index < -0.39 is 0 Å². The van der Waals surface area contributed by atoms with Gasteiger partial charge < -0.3 is 4.74 Å². The standard InChI is InChI=1S/C19H17NO/c1-2-8-15(9-3-1)18-13-21-19(20-18)17-12-6-10-14-7-4-5-11-16(14)17/h1-12,18-20H,13H2/t18-,19?/m0/s1. The molecule has 0 bridgehead atoms. The van der Waals surface area contributed by atoms with Gasteiger partial charge in [-0.05, 0) is 16.3 Å². The predicted octanol–water partition coefficient (Wildman–Crippen LogP) is 4.20. The molecule has 21 heavy (non-hydrogen) atoms. The Labute approximate surface area is 124 Å². The van der Waals surface area contributed by atoms with Crippen molar-refractivity contribution < 1.29 is 4.74 Å². The van der Waals surface area contributed by atoms with Gasteiger partial charge in [0, 0.05) is 5.56 Å². The van der Waals surface area contributed by atoms with Crippen molar-refractivity contribution in [3.8, 4) is 0 Å². The van der Waals surface area contributed by atoms with Gasteiger partial charge >= 0.3 is 0 Å². The van der Waals surface area contributed by atoms with Gasteiger partial charge in [0.2, 0.25) is 0 Å². The van der Waals surface area contributed by atoms with Crippen LogP contribution in [0, 0.1) is 0 Å². The molecule has 4 rings (SSSR count). The molecule has 0 saturated carbocycles. The highest BCUT2D eigenvalue weighted by atomic mass is 16.5. The monoisotopic (exact) mass is 275 g/mol. The van der Waals surface area contributed by atoms with E-state index in [1.54, 1.807) is 0 Å². The predicted molar refractivity (Wildman–Crippen MR) is 85.0 cm³/mol. The molecule has 0 spiro atoms. The highest BCUT2D eigenvalue weighted by Gasteiger charge is 2.27. The molecule has 2 atom stereocenters. The van der Waals surface area contributed by atoms with Crippen LogP contribution in [0.1, 0.15) is 23.4 Å². The lowest BCUT2D eigenvalue weighted by molar-refractivity contribution is 0.102. The number of fused-ring (bicyclic) bond motifs is 1. The van der Waals surface area contributed by atoms with Crippen LogP contribution >= 0.6 is 0 Å². The van der Waals surface area contributed by atoms with Crippen molar-refractivity contribution >= 4 is 10.8 Å². The van der Waals surface area contributed by atoms with Crippen LogP contribution in [0.25, 0.3) is 10.8 Å². The minimum atomic E-state index is -0.0405. The van der Waals surface area contributed by atoms with Gasteiger partial charge in [0.1, 0.15) is 6.23 Å². The summed E-state index contributed by atoms with van der Waals surface area (Å²) in [7, 11) is 0. The maximum Gasteiger partial charge on any atom is 0.135 e. The number of nitrogens with one attached hydrogen (secondary N) is 1. The maximum atomic E-state index is 6.00. The smallest absolute Gasteiger partial charge is 0.135 e. The zero-order chi connectivity index (χ0) is 14.1. The SMILES string of the molecule is c1ccc([C@@H]2COC(c3cccc4ccccc34)N2)cc1. The topological polar surface area (TPSA) is 21.3 Å². The summed E-state index contributed by atoms with van der Waals surface area (Å²) in [5.74, 6) is 0. The highest BCUT2D eigenvalue weighted by Crippen LogP contribution is 2.32. The molecule has 104 valence electrons. The fourth-order valence-corrected chi connectivity index (χ4v) is 3.01. The van der Waals surface area contributed by atoms with Crippen molar-refractivity contribution in [3.05, 3.63) is 83.9 Å². The molecule has 1 aliphatic heterocycles. The Kier molecular flexibility index (Phi) is 3.18. The first-order chi connectivity index (χ1) is 10.4. The Hall–Kier alpha value is -2.16. The van der Waals surface area contributed by atoms with Crippen LogP contribution in [0.4, 0.5) is 0 Å². The minimum absolute atomic E-state index is 0.0405. The van der Waals surface area contributed by atoms with Crippen molar-refractivity contribution in [1.29, 1.82) is 0 Å². The summed E-state index contributed by atoms with van der Waals surface area (Å²) in [6.07, 6.45) is -0.0405. The molecule has 3 aromatic carbocycles. The summed E-state index contributed by atoms with van der Waals surface area (Å²) in [5, 5.41) is 6.10. The van der Waals surface area contributed by atoms with E-state index >= 15 is 0 Å². The second kappa shape index (κ2) is 5.32. The van der Waals surface area contributed by atoms with Crippen molar-refractivity contribution in [3.63, 3.8) is 0 Å². The van der Waals surface area contributed by atoms with Gasteiger partial charge in [0.05, 0.1) is 12.6 Å². The van der Waals surface area contributed by atoms with E-state index in [9.17, 15) is 0 Å². The second-order valence-electron chi connectivity index (χ2n) is 5.41. The van der Waals surface area contributed by atoms with Crippen molar-refractivity contribution in [1.82, 2.24) is 5.32 Å². The largest absolute Gasteiger partial charge is 0.357 e. The third kappa shape index (κ3) is 2.33. The van der Waals surface area contributed by atoms with Crippen molar-refractivity contribution in [2.75, 3.05) is 6.61 Å². The summed E-state index contributed by atoms with van der Waals surface area (Å²) in [6.45, 7) is 0.706. The fourth-order valence-electron chi connectivity index (χ4n) is 3.01. The first-order valence-corrected chi connectivity index (χ1v) is 7.32. The quantitative estimate of drug-likeness (QED) is 0.757. The lowest BCUT2D eigenvalue weighted by Gasteiger charge is -2.15. The molecule has 0 radical (unpaired) electrons. The molecule has 1 saturated heterocycles. The maximum absolute atomic E-state index is 6.00. The number of rotatable bonds is 2. The van der Waals surface area contributed by atoms with Crippen LogP contribution < -0.4 is 5.32 Å². The molecule has 0 aliphatic carbocycles. The Morgan fingerprint density at radius 2 is 1.57 bits per heavy atom.